The lowest BCUT2D eigenvalue weighted by Gasteiger charge is -2.16. The summed E-state index contributed by atoms with van der Waals surface area (Å²) in [7, 11) is 3.03. The van der Waals surface area contributed by atoms with Crippen LogP contribution in [0.4, 0.5) is 13.2 Å². The molecule has 7 heteroatoms. The van der Waals surface area contributed by atoms with Crippen molar-refractivity contribution < 1.29 is 27.4 Å². The van der Waals surface area contributed by atoms with Crippen LogP contribution in [0.15, 0.2) is 42.5 Å². The van der Waals surface area contributed by atoms with Gasteiger partial charge in [0.05, 0.1) is 20.3 Å². The number of nitrogens with two attached hydrogens (primary N) is 1. The molecule has 124 valence electrons. The van der Waals surface area contributed by atoms with Gasteiger partial charge in [-0.1, -0.05) is 18.2 Å². The van der Waals surface area contributed by atoms with Gasteiger partial charge in [-0.05, 0) is 35.4 Å². The van der Waals surface area contributed by atoms with Gasteiger partial charge in [0, 0.05) is 0 Å². The van der Waals surface area contributed by atoms with Gasteiger partial charge in [-0.3, -0.25) is 0 Å². The molecule has 4 nitrogen and oxygen atoms in total. The zero-order valence-corrected chi connectivity index (χ0v) is 12.6. The van der Waals surface area contributed by atoms with E-state index >= 15 is 0 Å². The molecule has 2 aromatic carbocycles. The Hall–Kier alpha value is -2.41. The van der Waals surface area contributed by atoms with E-state index in [9.17, 15) is 13.2 Å². The Morgan fingerprint density at radius 2 is 1.43 bits per heavy atom. The third-order valence-corrected chi connectivity index (χ3v) is 3.24. The van der Waals surface area contributed by atoms with Crippen LogP contribution in [0.25, 0.3) is 0 Å². The average Bonchev–Trinajstić information content (AvgIpc) is 2.52. The Kier molecular flexibility index (Phi) is 5.00. The smallest absolute Gasteiger partial charge is 0.493 e. The van der Waals surface area contributed by atoms with Gasteiger partial charge < -0.3 is 19.9 Å². The van der Waals surface area contributed by atoms with Gasteiger partial charge in [0.15, 0.2) is 11.5 Å². The first-order chi connectivity index (χ1) is 10.8. The standard InChI is InChI=1S/C16H16F3NO3/c1-21-13-8-5-11(9-14(13)22-2)15(20)10-3-6-12(7-4-10)23-16(17,18)19/h3-9,15H,20H2,1-2H3/t15-/m0/s1. The molecule has 2 rings (SSSR count). The normalized spacial score (nSPS) is 12.6. The first-order valence-corrected chi connectivity index (χ1v) is 6.67. The summed E-state index contributed by atoms with van der Waals surface area (Å²) in [5, 5.41) is 0. The second-order valence-electron chi connectivity index (χ2n) is 4.71. The van der Waals surface area contributed by atoms with Gasteiger partial charge >= 0.3 is 6.36 Å². The van der Waals surface area contributed by atoms with E-state index in [0.29, 0.717) is 17.1 Å². The van der Waals surface area contributed by atoms with E-state index in [1.807, 2.05) is 0 Å². The van der Waals surface area contributed by atoms with Crippen molar-refractivity contribution in [1.82, 2.24) is 0 Å². The summed E-state index contributed by atoms with van der Waals surface area (Å²) in [6.45, 7) is 0. The molecule has 0 bridgehead atoms. The number of rotatable bonds is 5. The SMILES string of the molecule is COc1ccc([C@@H](N)c2ccc(OC(F)(F)F)cc2)cc1OC. The minimum Gasteiger partial charge on any atom is -0.493 e. The summed E-state index contributed by atoms with van der Waals surface area (Å²) in [4.78, 5) is 0. The molecule has 2 N–H and O–H groups in total. The monoisotopic (exact) mass is 327 g/mol. The van der Waals surface area contributed by atoms with Crippen molar-refractivity contribution in [2.75, 3.05) is 14.2 Å². The highest BCUT2D eigenvalue weighted by molar-refractivity contribution is 5.46. The Balaban J connectivity index is 2.21. The van der Waals surface area contributed by atoms with Crippen LogP contribution in [0.1, 0.15) is 17.2 Å². The van der Waals surface area contributed by atoms with Gasteiger partial charge in [-0.2, -0.15) is 0 Å². The van der Waals surface area contributed by atoms with Crippen molar-refractivity contribution in [2.24, 2.45) is 5.73 Å². The van der Waals surface area contributed by atoms with Gasteiger partial charge in [-0.15, -0.1) is 13.2 Å². The third-order valence-electron chi connectivity index (χ3n) is 3.24. The third kappa shape index (κ3) is 4.29. The Morgan fingerprint density at radius 3 is 1.96 bits per heavy atom. The number of halogens is 3. The molecule has 0 fully saturated rings. The molecule has 0 aliphatic rings. The molecule has 2 aromatic rings. The van der Waals surface area contributed by atoms with E-state index < -0.39 is 12.4 Å². The molecule has 0 heterocycles. The summed E-state index contributed by atoms with van der Waals surface area (Å²) in [5.41, 5.74) is 7.54. The molecule has 0 saturated heterocycles. The molecule has 0 spiro atoms. The Labute approximate surface area is 131 Å². The molecule has 0 aliphatic carbocycles. The molecular formula is C16H16F3NO3. The second-order valence-corrected chi connectivity index (χ2v) is 4.71. The summed E-state index contributed by atoms with van der Waals surface area (Å²) in [6, 6.07) is 10.1. The minimum absolute atomic E-state index is 0.291. The van der Waals surface area contributed by atoms with E-state index in [2.05, 4.69) is 4.74 Å². The lowest BCUT2D eigenvalue weighted by atomic mass is 9.99. The fourth-order valence-electron chi connectivity index (χ4n) is 2.12. The first-order valence-electron chi connectivity index (χ1n) is 6.67. The van der Waals surface area contributed by atoms with Crippen molar-refractivity contribution in [3.05, 3.63) is 53.6 Å². The van der Waals surface area contributed by atoms with Gasteiger partial charge in [0.2, 0.25) is 0 Å². The maximum absolute atomic E-state index is 12.1. The van der Waals surface area contributed by atoms with Crippen molar-refractivity contribution >= 4 is 0 Å². The molecule has 0 aromatic heterocycles. The first kappa shape index (κ1) is 17.0. The molecular weight excluding hydrogens is 311 g/mol. The van der Waals surface area contributed by atoms with Crippen molar-refractivity contribution in [2.45, 2.75) is 12.4 Å². The summed E-state index contributed by atoms with van der Waals surface area (Å²) in [6.07, 6.45) is -4.72. The number of hydrogen-bond acceptors (Lipinski definition) is 4. The second kappa shape index (κ2) is 6.78. The molecule has 0 radical (unpaired) electrons. The number of methoxy groups -OCH3 is 2. The molecule has 0 amide bonds. The zero-order valence-electron chi connectivity index (χ0n) is 12.6. The number of hydrogen-bond donors (Lipinski definition) is 1. The van der Waals surface area contributed by atoms with E-state index in [4.69, 9.17) is 15.2 Å². The van der Waals surface area contributed by atoms with Crippen LogP contribution in [0.5, 0.6) is 17.2 Å². The lowest BCUT2D eigenvalue weighted by Crippen LogP contribution is -2.17. The average molecular weight is 327 g/mol. The van der Waals surface area contributed by atoms with Crippen LogP contribution in [0.2, 0.25) is 0 Å². The highest BCUT2D eigenvalue weighted by atomic mass is 19.4. The molecule has 0 aliphatic heterocycles. The predicted octanol–water partition coefficient (Wildman–Crippen LogP) is 3.65. The van der Waals surface area contributed by atoms with Crippen molar-refractivity contribution in [3.63, 3.8) is 0 Å². The highest BCUT2D eigenvalue weighted by Gasteiger charge is 2.31. The summed E-state index contributed by atoms with van der Waals surface area (Å²) >= 11 is 0. The van der Waals surface area contributed by atoms with Crippen LogP contribution in [0.3, 0.4) is 0 Å². The quantitative estimate of drug-likeness (QED) is 0.911. The maximum Gasteiger partial charge on any atom is 0.573 e. The van der Waals surface area contributed by atoms with Gasteiger partial charge in [0.25, 0.3) is 0 Å². The van der Waals surface area contributed by atoms with E-state index in [-0.39, 0.29) is 5.75 Å². The van der Waals surface area contributed by atoms with Crippen LogP contribution < -0.4 is 19.9 Å². The van der Waals surface area contributed by atoms with Crippen LogP contribution in [0, 0.1) is 0 Å². The van der Waals surface area contributed by atoms with Gasteiger partial charge in [-0.25, -0.2) is 0 Å². The molecule has 1 atom stereocenters. The van der Waals surface area contributed by atoms with Crippen LogP contribution in [-0.4, -0.2) is 20.6 Å². The molecule has 0 unspecified atom stereocenters. The van der Waals surface area contributed by atoms with Crippen molar-refractivity contribution in [1.29, 1.82) is 0 Å². The summed E-state index contributed by atoms with van der Waals surface area (Å²) in [5.74, 6) is 0.801. The Bertz CT molecular complexity index is 657. The van der Waals surface area contributed by atoms with E-state index in [0.717, 1.165) is 5.56 Å². The lowest BCUT2D eigenvalue weighted by molar-refractivity contribution is -0.274. The number of ether oxygens (including phenoxy) is 3. The van der Waals surface area contributed by atoms with E-state index in [1.54, 1.807) is 18.2 Å². The Morgan fingerprint density at radius 1 is 0.870 bits per heavy atom. The van der Waals surface area contributed by atoms with Crippen molar-refractivity contribution in [3.8, 4) is 17.2 Å². The van der Waals surface area contributed by atoms with E-state index in [1.165, 1.54) is 38.5 Å². The topological polar surface area (TPSA) is 53.7 Å². The number of benzene rings is 2. The predicted molar refractivity (Wildman–Crippen MR) is 78.7 cm³/mol. The van der Waals surface area contributed by atoms with Crippen LogP contribution in [-0.2, 0) is 0 Å². The largest absolute Gasteiger partial charge is 0.573 e. The molecule has 0 saturated carbocycles. The summed E-state index contributed by atoms with van der Waals surface area (Å²) < 4.78 is 50.6. The zero-order chi connectivity index (χ0) is 17.0. The number of alkyl halides is 3. The highest BCUT2D eigenvalue weighted by Crippen LogP contribution is 2.32. The molecule has 23 heavy (non-hydrogen) atoms. The van der Waals surface area contributed by atoms with Gasteiger partial charge in [0.1, 0.15) is 5.75 Å². The fraction of sp³-hybridized carbons (Fsp3) is 0.250. The minimum atomic E-state index is -4.72. The maximum atomic E-state index is 12.1. The fourth-order valence-corrected chi connectivity index (χ4v) is 2.12. The van der Waals surface area contributed by atoms with Crippen LogP contribution >= 0.6 is 0 Å².